The molecule has 2 amide bonds. The second kappa shape index (κ2) is 5.47. The Labute approximate surface area is 93.8 Å². The molecule has 6 nitrogen and oxygen atoms in total. The topological polar surface area (TPSA) is 93.4 Å². The van der Waals surface area contributed by atoms with Crippen molar-refractivity contribution in [2.75, 3.05) is 19.6 Å². The number of hydrogen-bond donors (Lipinski definition) is 2. The second-order valence-electron chi connectivity index (χ2n) is 3.88. The molecule has 1 aliphatic rings. The number of carbonyl (C=O) groups excluding carboxylic acids is 2. The molecule has 0 aromatic rings. The molecular formula is C10H15N3O3. The molecule has 0 radical (unpaired) electrons. The van der Waals surface area contributed by atoms with Gasteiger partial charge in [-0.05, 0) is 13.3 Å². The number of rotatable bonds is 2. The van der Waals surface area contributed by atoms with E-state index in [4.69, 9.17) is 5.26 Å². The van der Waals surface area contributed by atoms with Crippen molar-refractivity contribution in [2.24, 2.45) is 5.92 Å². The molecule has 0 aromatic carbocycles. The molecule has 1 aliphatic heterocycles. The van der Waals surface area contributed by atoms with Crippen LogP contribution in [0.2, 0.25) is 0 Å². The average Bonchev–Trinajstić information content (AvgIpc) is 2.74. The highest BCUT2D eigenvalue weighted by Crippen LogP contribution is 2.19. The summed E-state index contributed by atoms with van der Waals surface area (Å²) in [7, 11) is 0. The van der Waals surface area contributed by atoms with Crippen LogP contribution in [0.3, 0.4) is 0 Å². The summed E-state index contributed by atoms with van der Waals surface area (Å²) in [5.74, 6) is -1.35. The molecule has 1 heterocycles. The first kappa shape index (κ1) is 12.5. The SMILES string of the molecule is CC(O)C1CCN(C(=O)C(=O)NCC#N)C1. The summed E-state index contributed by atoms with van der Waals surface area (Å²) in [6.45, 7) is 2.39. The van der Waals surface area contributed by atoms with E-state index < -0.39 is 17.9 Å². The first-order valence-corrected chi connectivity index (χ1v) is 5.18. The molecule has 0 aromatic heterocycles. The summed E-state index contributed by atoms with van der Waals surface area (Å²) in [4.78, 5) is 24.2. The van der Waals surface area contributed by atoms with Gasteiger partial charge in [0.15, 0.2) is 0 Å². The van der Waals surface area contributed by atoms with Gasteiger partial charge in [0.1, 0.15) is 6.54 Å². The number of nitrogens with zero attached hydrogens (tertiary/aromatic N) is 2. The summed E-state index contributed by atoms with van der Waals surface area (Å²) in [6.07, 6.45) is 0.231. The van der Waals surface area contributed by atoms with Crippen molar-refractivity contribution in [3.05, 3.63) is 0 Å². The van der Waals surface area contributed by atoms with Crippen molar-refractivity contribution < 1.29 is 14.7 Å². The third-order valence-electron chi connectivity index (χ3n) is 2.72. The van der Waals surface area contributed by atoms with Gasteiger partial charge in [-0.25, -0.2) is 0 Å². The molecule has 0 saturated carbocycles. The van der Waals surface area contributed by atoms with Crippen molar-refractivity contribution in [3.63, 3.8) is 0 Å². The van der Waals surface area contributed by atoms with E-state index in [0.29, 0.717) is 19.5 Å². The molecule has 1 saturated heterocycles. The predicted octanol–water partition coefficient (Wildman–Crippen LogP) is -1.14. The highest BCUT2D eigenvalue weighted by Gasteiger charge is 2.31. The molecule has 16 heavy (non-hydrogen) atoms. The van der Waals surface area contributed by atoms with Gasteiger partial charge in [0.2, 0.25) is 0 Å². The second-order valence-corrected chi connectivity index (χ2v) is 3.88. The molecule has 1 fully saturated rings. The summed E-state index contributed by atoms with van der Waals surface area (Å²) in [5.41, 5.74) is 0. The van der Waals surface area contributed by atoms with Gasteiger partial charge in [0.25, 0.3) is 0 Å². The lowest BCUT2D eigenvalue weighted by molar-refractivity contribution is -0.145. The van der Waals surface area contributed by atoms with E-state index in [1.165, 1.54) is 4.90 Å². The Bertz CT molecular complexity index is 322. The molecule has 2 atom stereocenters. The Balaban J connectivity index is 2.45. The zero-order chi connectivity index (χ0) is 12.1. The number of likely N-dealkylation sites (tertiary alicyclic amines) is 1. The van der Waals surface area contributed by atoms with Crippen LogP contribution in [-0.2, 0) is 9.59 Å². The number of amides is 2. The Hall–Kier alpha value is -1.61. The van der Waals surface area contributed by atoms with E-state index in [2.05, 4.69) is 5.32 Å². The van der Waals surface area contributed by atoms with Crippen LogP contribution >= 0.6 is 0 Å². The standard InChI is InChI=1S/C10H15N3O3/c1-7(14)8-2-5-13(6-8)10(16)9(15)12-4-3-11/h7-8,14H,2,4-6H2,1H3,(H,12,15). The molecule has 88 valence electrons. The summed E-state index contributed by atoms with van der Waals surface area (Å²) < 4.78 is 0. The van der Waals surface area contributed by atoms with Crippen LogP contribution in [-0.4, -0.2) is 47.6 Å². The fourth-order valence-electron chi connectivity index (χ4n) is 1.70. The molecule has 6 heteroatoms. The molecule has 0 aliphatic carbocycles. The number of hydrogen-bond acceptors (Lipinski definition) is 4. The fourth-order valence-corrected chi connectivity index (χ4v) is 1.70. The van der Waals surface area contributed by atoms with Crippen molar-refractivity contribution in [1.29, 1.82) is 5.26 Å². The average molecular weight is 225 g/mol. The zero-order valence-corrected chi connectivity index (χ0v) is 9.14. The van der Waals surface area contributed by atoms with Crippen LogP contribution in [0.25, 0.3) is 0 Å². The molecule has 2 N–H and O–H groups in total. The largest absolute Gasteiger partial charge is 0.393 e. The van der Waals surface area contributed by atoms with E-state index in [1.807, 2.05) is 0 Å². The highest BCUT2D eigenvalue weighted by atomic mass is 16.3. The Kier molecular flexibility index (Phi) is 4.26. The number of nitrogens with one attached hydrogen (secondary N) is 1. The monoisotopic (exact) mass is 225 g/mol. The van der Waals surface area contributed by atoms with Gasteiger partial charge in [0, 0.05) is 19.0 Å². The minimum absolute atomic E-state index is 0.0349. The van der Waals surface area contributed by atoms with Gasteiger partial charge in [-0.2, -0.15) is 5.26 Å². The van der Waals surface area contributed by atoms with Gasteiger partial charge in [-0.3, -0.25) is 9.59 Å². The minimum Gasteiger partial charge on any atom is -0.393 e. The van der Waals surface area contributed by atoms with Gasteiger partial charge < -0.3 is 15.3 Å². The number of aliphatic hydroxyl groups excluding tert-OH is 1. The lowest BCUT2D eigenvalue weighted by atomic mass is 10.0. The normalized spacial score (nSPS) is 21.3. The lowest BCUT2D eigenvalue weighted by Crippen LogP contribution is -2.42. The third kappa shape index (κ3) is 2.94. The summed E-state index contributed by atoms with van der Waals surface area (Å²) in [5, 5.41) is 19.8. The fraction of sp³-hybridized carbons (Fsp3) is 0.700. The van der Waals surface area contributed by atoms with E-state index in [0.717, 1.165) is 0 Å². The van der Waals surface area contributed by atoms with E-state index in [1.54, 1.807) is 13.0 Å². The molecular weight excluding hydrogens is 210 g/mol. The van der Waals surface area contributed by atoms with Crippen molar-refractivity contribution >= 4 is 11.8 Å². The number of carbonyl (C=O) groups is 2. The van der Waals surface area contributed by atoms with E-state index >= 15 is 0 Å². The summed E-state index contributed by atoms with van der Waals surface area (Å²) in [6, 6.07) is 1.73. The van der Waals surface area contributed by atoms with Crippen LogP contribution in [0.4, 0.5) is 0 Å². The van der Waals surface area contributed by atoms with Crippen LogP contribution in [0.5, 0.6) is 0 Å². The Morgan fingerprint density at radius 3 is 2.88 bits per heavy atom. The molecule has 2 unspecified atom stereocenters. The smallest absolute Gasteiger partial charge is 0.311 e. The quantitative estimate of drug-likeness (QED) is 0.458. The van der Waals surface area contributed by atoms with Gasteiger partial charge in [-0.15, -0.1) is 0 Å². The summed E-state index contributed by atoms with van der Waals surface area (Å²) >= 11 is 0. The van der Waals surface area contributed by atoms with Crippen molar-refractivity contribution in [3.8, 4) is 6.07 Å². The highest BCUT2D eigenvalue weighted by molar-refractivity contribution is 6.35. The molecule has 0 bridgehead atoms. The van der Waals surface area contributed by atoms with Crippen LogP contribution in [0.1, 0.15) is 13.3 Å². The number of nitriles is 1. The minimum atomic E-state index is -0.757. The molecule has 0 spiro atoms. The predicted molar refractivity (Wildman–Crippen MR) is 55.0 cm³/mol. The third-order valence-corrected chi connectivity index (χ3v) is 2.72. The van der Waals surface area contributed by atoms with Gasteiger partial charge >= 0.3 is 11.8 Å². The zero-order valence-electron chi connectivity index (χ0n) is 9.14. The van der Waals surface area contributed by atoms with Crippen LogP contribution < -0.4 is 5.32 Å². The maximum Gasteiger partial charge on any atom is 0.311 e. The lowest BCUT2D eigenvalue weighted by Gasteiger charge is -2.16. The first-order valence-electron chi connectivity index (χ1n) is 5.18. The van der Waals surface area contributed by atoms with Crippen LogP contribution in [0, 0.1) is 17.2 Å². The van der Waals surface area contributed by atoms with E-state index in [9.17, 15) is 14.7 Å². The Morgan fingerprint density at radius 2 is 2.38 bits per heavy atom. The number of aliphatic hydroxyl groups is 1. The molecule has 1 rings (SSSR count). The van der Waals surface area contributed by atoms with Crippen molar-refractivity contribution in [2.45, 2.75) is 19.4 Å². The van der Waals surface area contributed by atoms with Crippen molar-refractivity contribution in [1.82, 2.24) is 10.2 Å². The maximum atomic E-state index is 11.5. The van der Waals surface area contributed by atoms with E-state index in [-0.39, 0.29) is 12.5 Å². The van der Waals surface area contributed by atoms with Crippen LogP contribution in [0.15, 0.2) is 0 Å². The van der Waals surface area contributed by atoms with Gasteiger partial charge in [-0.1, -0.05) is 0 Å². The first-order chi connectivity index (χ1) is 7.56. The van der Waals surface area contributed by atoms with Gasteiger partial charge in [0.05, 0.1) is 12.2 Å². The Morgan fingerprint density at radius 1 is 1.69 bits per heavy atom. The maximum absolute atomic E-state index is 11.5.